The topological polar surface area (TPSA) is 49.9 Å². The molecule has 27 heavy (non-hydrogen) atoms. The van der Waals surface area contributed by atoms with Crippen LogP contribution in [0, 0.1) is 25.7 Å². The molecule has 3 rings (SSSR count). The molecule has 5 nitrogen and oxygen atoms in total. The van der Waals surface area contributed by atoms with Gasteiger partial charge in [-0.25, -0.2) is 0 Å². The monoisotopic (exact) mass is 372 g/mol. The molecule has 1 saturated carbocycles. The average Bonchev–Trinajstić information content (AvgIpc) is 3.45. The van der Waals surface area contributed by atoms with Crippen LogP contribution in [0.5, 0.6) is 5.75 Å². The largest absolute Gasteiger partial charge is 0.484 e. The molecule has 0 radical (unpaired) electrons. The highest BCUT2D eigenvalue weighted by Crippen LogP contribution is 2.32. The summed E-state index contributed by atoms with van der Waals surface area (Å²) in [5.41, 5.74) is 2.35. The summed E-state index contributed by atoms with van der Waals surface area (Å²) >= 11 is 0. The highest BCUT2D eigenvalue weighted by molar-refractivity contribution is 5.81. The van der Waals surface area contributed by atoms with E-state index in [0.717, 1.165) is 12.1 Å². The Balaban J connectivity index is 1.63. The molecule has 0 spiro atoms. The molecule has 1 unspecified atom stereocenters. The zero-order valence-electron chi connectivity index (χ0n) is 17.0. The number of hydrogen-bond donors (Lipinski definition) is 0. The highest BCUT2D eigenvalue weighted by Gasteiger charge is 2.36. The van der Waals surface area contributed by atoms with Gasteiger partial charge in [0.25, 0.3) is 5.91 Å². The summed E-state index contributed by atoms with van der Waals surface area (Å²) in [6, 6.07) is 5.95. The van der Waals surface area contributed by atoms with Crippen LogP contribution in [0.2, 0.25) is 0 Å². The lowest BCUT2D eigenvalue weighted by atomic mass is 10.0. The summed E-state index contributed by atoms with van der Waals surface area (Å²) < 4.78 is 5.73. The Hall–Kier alpha value is -2.04. The minimum absolute atomic E-state index is 0.0180. The van der Waals surface area contributed by atoms with Crippen molar-refractivity contribution < 1.29 is 14.3 Å². The van der Waals surface area contributed by atoms with Gasteiger partial charge in [0.05, 0.1) is 6.04 Å². The normalized spacial score (nSPS) is 20.8. The second-order valence-electron chi connectivity index (χ2n) is 8.43. The fourth-order valence-corrected chi connectivity index (χ4v) is 3.63. The molecule has 0 bridgehead atoms. The van der Waals surface area contributed by atoms with Crippen LogP contribution in [0.15, 0.2) is 18.2 Å². The lowest BCUT2D eigenvalue weighted by Crippen LogP contribution is -2.48. The fourth-order valence-electron chi connectivity index (χ4n) is 3.63. The van der Waals surface area contributed by atoms with E-state index in [1.807, 2.05) is 34.9 Å². The molecule has 1 aromatic carbocycles. The summed E-state index contributed by atoms with van der Waals surface area (Å²) in [5, 5.41) is 0. The van der Waals surface area contributed by atoms with E-state index in [-0.39, 0.29) is 24.5 Å². The van der Waals surface area contributed by atoms with Crippen molar-refractivity contribution in [2.75, 3.05) is 26.2 Å². The smallest absolute Gasteiger partial charge is 0.260 e. The molecule has 5 heteroatoms. The number of carbonyl (C=O) groups excluding carboxylic acids is 2. The molecular formula is C22H32N2O3. The van der Waals surface area contributed by atoms with Crippen LogP contribution in [0.3, 0.4) is 0 Å². The Labute approximate surface area is 162 Å². The van der Waals surface area contributed by atoms with E-state index in [1.54, 1.807) is 0 Å². The molecule has 0 N–H and O–H groups in total. The molecule has 2 fully saturated rings. The van der Waals surface area contributed by atoms with Gasteiger partial charge in [-0.15, -0.1) is 0 Å². The number of amides is 2. The molecular weight excluding hydrogens is 340 g/mol. The number of aryl methyl sites for hydroxylation is 2. The van der Waals surface area contributed by atoms with Gasteiger partial charge in [-0.2, -0.15) is 0 Å². The average molecular weight is 373 g/mol. The van der Waals surface area contributed by atoms with Gasteiger partial charge in [0.1, 0.15) is 5.75 Å². The Kier molecular flexibility index (Phi) is 6.08. The van der Waals surface area contributed by atoms with Gasteiger partial charge in [-0.1, -0.05) is 19.9 Å². The lowest BCUT2D eigenvalue weighted by Gasteiger charge is -2.34. The van der Waals surface area contributed by atoms with Crippen molar-refractivity contribution in [3.63, 3.8) is 0 Å². The van der Waals surface area contributed by atoms with Crippen molar-refractivity contribution in [3.05, 3.63) is 29.3 Å². The van der Waals surface area contributed by atoms with Gasteiger partial charge >= 0.3 is 0 Å². The SMILES string of the molecule is Cc1ccc(OCC(=O)N2CCC(=O)N(CC3CC3)C(C(C)C)C2)cc1C. The Morgan fingerprint density at radius 1 is 1.22 bits per heavy atom. The van der Waals surface area contributed by atoms with Crippen molar-refractivity contribution in [3.8, 4) is 5.75 Å². The second-order valence-corrected chi connectivity index (χ2v) is 8.43. The molecule has 2 amide bonds. The van der Waals surface area contributed by atoms with Crippen LogP contribution in [-0.4, -0.2) is 53.9 Å². The molecule has 1 heterocycles. The highest BCUT2D eigenvalue weighted by atomic mass is 16.5. The Morgan fingerprint density at radius 3 is 2.59 bits per heavy atom. The summed E-state index contributed by atoms with van der Waals surface area (Å²) in [4.78, 5) is 29.3. The standard InChI is InChI=1S/C22H32N2O3/c1-15(2)20-13-23(10-9-21(25)24(20)12-18-6-7-18)22(26)14-27-19-8-5-16(3)17(4)11-19/h5,8,11,15,18,20H,6-7,9-10,12-14H2,1-4H3. The van der Waals surface area contributed by atoms with Crippen LogP contribution in [0.1, 0.15) is 44.2 Å². The summed E-state index contributed by atoms with van der Waals surface area (Å²) in [6.45, 7) is 10.3. The van der Waals surface area contributed by atoms with Gasteiger partial charge in [-0.05, 0) is 61.8 Å². The third-order valence-electron chi connectivity index (χ3n) is 5.84. The predicted molar refractivity (Wildman–Crippen MR) is 106 cm³/mol. The summed E-state index contributed by atoms with van der Waals surface area (Å²) in [7, 11) is 0. The van der Waals surface area contributed by atoms with Crippen LogP contribution in [0.25, 0.3) is 0 Å². The van der Waals surface area contributed by atoms with Crippen LogP contribution in [0.4, 0.5) is 0 Å². The van der Waals surface area contributed by atoms with Crippen molar-refractivity contribution in [2.45, 2.75) is 53.0 Å². The third kappa shape index (κ3) is 5.02. The van der Waals surface area contributed by atoms with Crippen LogP contribution >= 0.6 is 0 Å². The first kappa shape index (κ1) is 19.7. The molecule has 0 aromatic heterocycles. The summed E-state index contributed by atoms with van der Waals surface area (Å²) in [5.74, 6) is 1.84. The number of carbonyl (C=O) groups is 2. The maximum atomic E-state index is 12.8. The molecule has 1 aliphatic carbocycles. The van der Waals surface area contributed by atoms with E-state index in [1.165, 1.54) is 18.4 Å². The van der Waals surface area contributed by atoms with Gasteiger partial charge in [0.15, 0.2) is 6.61 Å². The van der Waals surface area contributed by atoms with Gasteiger partial charge < -0.3 is 14.5 Å². The van der Waals surface area contributed by atoms with Gasteiger partial charge in [0.2, 0.25) is 5.91 Å². The van der Waals surface area contributed by atoms with Gasteiger partial charge in [0, 0.05) is 26.1 Å². The van der Waals surface area contributed by atoms with Crippen molar-refractivity contribution in [1.29, 1.82) is 0 Å². The van der Waals surface area contributed by atoms with Gasteiger partial charge in [-0.3, -0.25) is 9.59 Å². The zero-order chi connectivity index (χ0) is 19.6. The van der Waals surface area contributed by atoms with E-state index in [2.05, 4.69) is 20.8 Å². The lowest BCUT2D eigenvalue weighted by molar-refractivity contribution is -0.135. The molecule has 1 aliphatic heterocycles. The number of benzene rings is 1. The van der Waals surface area contributed by atoms with Crippen LogP contribution in [-0.2, 0) is 9.59 Å². The van der Waals surface area contributed by atoms with E-state index in [0.29, 0.717) is 37.1 Å². The maximum Gasteiger partial charge on any atom is 0.260 e. The Bertz CT molecular complexity index is 697. The fraction of sp³-hybridized carbons (Fsp3) is 0.636. The minimum Gasteiger partial charge on any atom is -0.484 e. The predicted octanol–water partition coefficient (Wildman–Crippen LogP) is 3.18. The third-order valence-corrected chi connectivity index (χ3v) is 5.84. The number of hydrogen-bond acceptors (Lipinski definition) is 3. The van der Waals surface area contributed by atoms with E-state index in [4.69, 9.17) is 4.74 Å². The van der Waals surface area contributed by atoms with Crippen molar-refractivity contribution in [2.24, 2.45) is 11.8 Å². The number of ether oxygens (including phenoxy) is 1. The molecule has 1 aromatic rings. The maximum absolute atomic E-state index is 12.8. The molecule has 2 aliphatic rings. The molecule has 1 atom stereocenters. The van der Waals surface area contributed by atoms with Crippen molar-refractivity contribution >= 4 is 11.8 Å². The zero-order valence-corrected chi connectivity index (χ0v) is 17.0. The van der Waals surface area contributed by atoms with E-state index < -0.39 is 0 Å². The van der Waals surface area contributed by atoms with Crippen molar-refractivity contribution in [1.82, 2.24) is 9.80 Å². The second kappa shape index (κ2) is 8.32. The minimum atomic E-state index is -0.0417. The summed E-state index contributed by atoms with van der Waals surface area (Å²) in [6.07, 6.45) is 2.85. The molecule has 1 saturated heterocycles. The number of rotatable bonds is 6. The first-order chi connectivity index (χ1) is 12.8. The quantitative estimate of drug-likeness (QED) is 0.771. The molecule has 148 valence electrons. The van der Waals surface area contributed by atoms with E-state index >= 15 is 0 Å². The first-order valence-corrected chi connectivity index (χ1v) is 10.1. The van der Waals surface area contributed by atoms with E-state index in [9.17, 15) is 9.59 Å². The Morgan fingerprint density at radius 2 is 1.96 bits per heavy atom. The van der Waals surface area contributed by atoms with Crippen LogP contribution < -0.4 is 4.74 Å². The number of nitrogens with zero attached hydrogens (tertiary/aromatic N) is 2. The first-order valence-electron chi connectivity index (χ1n) is 10.1.